The Morgan fingerprint density at radius 2 is 1.93 bits per heavy atom. The summed E-state index contributed by atoms with van der Waals surface area (Å²) in [6.45, 7) is 5.40. The first-order valence-electron chi connectivity index (χ1n) is 4.89. The molecule has 4 nitrogen and oxygen atoms in total. The van der Waals surface area contributed by atoms with Crippen molar-refractivity contribution in [1.82, 2.24) is 5.32 Å². The molecule has 0 aromatic rings. The quantitative estimate of drug-likeness (QED) is 0.681. The molecule has 1 unspecified atom stereocenters. The molecule has 82 valence electrons. The molecule has 0 heterocycles. The highest BCUT2D eigenvalue weighted by Gasteiger charge is 2.34. The van der Waals surface area contributed by atoms with Gasteiger partial charge in [-0.05, 0) is 13.3 Å². The predicted molar refractivity (Wildman–Crippen MR) is 53.8 cm³/mol. The number of carbonyl (C=O) groups excluding carboxylic acids is 2. The Morgan fingerprint density at radius 1 is 1.36 bits per heavy atom. The van der Waals surface area contributed by atoms with E-state index in [2.05, 4.69) is 10.1 Å². The fraction of sp³-hybridized carbons (Fsp3) is 0.800. The highest BCUT2D eigenvalue weighted by Crippen LogP contribution is 2.14. The summed E-state index contributed by atoms with van der Waals surface area (Å²) < 4.78 is 4.66. The average Bonchev–Trinajstić information content (AvgIpc) is 2.16. The maximum Gasteiger partial charge on any atom is 0.331 e. The van der Waals surface area contributed by atoms with Crippen LogP contribution < -0.4 is 5.32 Å². The van der Waals surface area contributed by atoms with E-state index in [1.54, 1.807) is 13.8 Å². The van der Waals surface area contributed by atoms with Gasteiger partial charge in [0, 0.05) is 6.42 Å². The first-order valence-corrected chi connectivity index (χ1v) is 4.89. The first kappa shape index (κ1) is 12.9. The van der Waals surface area contributed by atoms with E-state index in [0.29, 0.717) is 12.8 Å². The van der Waals surface area contributed by atoms with E-state index >= 15 is 0 Å². The van der Waals surface area contributed by atoms with Gasteiger partial charge in [0.25, 0.3) is 0 Å². The molecule has 0 fully saturated rings. The van der Waals surface area contributed by atoms with E-state index in [0.717, 1.165) is 6.42 Å². The molecule has 1 N–H and O–H groups in total. The Kier molecular flexibility index (Phi) is 5.20. The van der Waals surface area contributed by atoms with Crippen LogP contribution in [-0.4, -0.2) is 24.5 Å². The van der Waals surface area contributed by atoms with Crippen LogP contribution in [0.3, 0.4) is 0 Å². The number of carbonyl (C=O) groups is 2. The van der Waals surface area contributed by atoms with Crippen LogP contribution in [0.1, 0.15) is 40.0 Å². The van der Waals surface area contributed by atoms with E-state index < -0.39 is 5.54 Å². The zero-order valence-corrected chi connectivity index (χ0v) is 9.35. The predicted octanol–water partition coefficient (Wildman–Crippen LogP) is 1.24. The second-order valence-electron chi connectivity index (χ2n) is 3.48. The largest absolute Gasteiger partial charge is 0.467 e. The van der Waals surface area contributed by atoms with Crippen LogP contribution in [0.2, 0.25) is 0 Å². The summed E-state index contributed by atoms with van der Waals surface area (Å²) in [6, 6.07) is 0. The number of esters is 1. The lowest BCUT2D eigenvalue weighted by Crippen LogP contribution is -2.52. The lowest BCUT2D eigenvalue weighted by atomic mass is 9.96. The van der Waals surface area contributed by atoms with Crippen LogP contribution in [0.25, 0.3) is 0 Å². The van der Waals surface area contributed by atoms with E-state index in [1.165, 1.54) is 7.11 Å². The van der Waals surface area contributed by atoms with Crippen molar-refractivity contribution >= 4 is 11.9 Å². The van der Waals surface area contributed by atoms with Gasteiger partial charge in [-0.15, -0.1) is 0 Å². The molecule has 1 amide bonds. The number of amides is 1. The minimum Gasteiger partial charge on any atom is -0.467 e. The fourth-order valence-corrected chi connectivity index (χ4v) is 1.34. The topological polar surface area (TPSA) is 55.4 Å². The van der Waals surface area contributed by atoms with Gasteiger partial charge in [-0.3, -0.25) is 4.79 Å². The van der Waals surface area contributed by atoms with Crippen LogP contribution in [-0.2, 0) is 14.3 Å². The molecule has 0 bridgehead atoms. The SMILES string of the molecule is CCCC(C)(NC(=O)CC)C(=O)OC. The van der Waals surface area contributed by atoms with Crippen molar-refractivity contribution < 1.29 is 14.3 Å². The Hall–Kier alpha value is -1.06. The van der Waals surface area contributed by atoms with E-state index in [1.807, 2.05) is 6.92 Å². The molecule has 0 radical (unpaired) electrons. The first-order chi connectivity index (χ1) is 6.50. The summed E-state index contributed by atoms with van der Waals surface area (Å²) in [7, 11) is 1.33. The summed E-state index contributed by atoms with van der Waals surface area (Å²) >= 11 is 0. The van der Waals surface area contributed by atoms with Gasteiger partial charge in [-0.2, -0.15) is 0 Å². The summed E-state index contributed by atoms with van der Waals surface area (Å²) in [5.74, 6) is -0.521. The maximum absolute atomic E-state index is 11.4. The molecule has 0 aliphatic carbocycles. The molecule has 0 saturated carbocycles. The van der Waals surface area contributed by atoms with Crippen molar-refractivity contribution in [2.24, 2.45) is 0 Å². The van der Waals surface area contributed by atoms with Crippen molar-refractivity contribution in [2.45, 2.75) is 45.6 Å². The Morgan fingerprint density at radius 3 is 2.29 bits per heavy atom. The van der Waals surface area contributed by atoms with E-state index in [-0.39, 0.29) is 11.9 Å². The molecular weight excluding hydrogens is 182 g/mol. The van der Waals surface area contributed by atoms with Crippen LogP contribution in [0.5, 0.6) is 0 Å². The minimum absolute atomic E-state index is 0.133. The Labute approximate surface area is 85.0 Å². The molecule has 0 aromatic carbocycles. The molecule has 0 rings (SSSR count). The highest BCUT2D eigenvalue weighted by atomic mass is 16.5. The van der Waals surface area contributed by atoms with E-state index in [4.69, 9.17) is 0 Å². The van der Waals surface area contributed by atoms with Gasteiger partial charge in [0.05, 0.1) is 7.11 Å². The van der Waals surface area contributed by atoms with Crippen molar-refractivity contribution in [3.05, 3.63) is 0 Å². The summed E-state index contributed by atoms with van der Waals surface area (Å²) in [5, 5.41) is 2.68. The van der Waals surface area contributed by atoms with Crippen LogP contribution in [0.15, 0.2) is 0 Å². The number of hydrogen-bond donors (Lipinski definition) is 1. The number of rotatable bonds is 5. The Balaban J connectivity index is 4.54. The third-order valence-corrected chi connectivity index (χ3v) is 2.12. The van der Waals surface area contributed by atoms with Crippen molar-refractivity contribution in [3.63, 3.8) is 0 Å². The molecule has 0 aromatic heterocycles. The van der Waals surface area contributed by atoms with Gasteiger partial charge in [0.15, 0.2) is 0 Å². The zero-order chi connectivity index (χ0) is 11.2. The second kappa shape index (κ2) is 5.62. The number of methoxy groups -OCH3 is 1. The summed E-state index contributed by atoms with van der Waals surface area (Å²) in [5.41, 5.74) is -0.878. The molecule has 0 aliphatic rings. The maximum atomic E-state index is 11.4. The van der Waals surface area contributed by atoms with Crippen LogP contribution in [0.4, 0.5) is 0 Å². The van der Waals surface area contributed by atoms with Gasteiger partial charge in [-0.25, -0.2) is 4.79 Å². The zero-order valence-electron chi connectivity index (χ0n) is 9.35. The monoisotopic (exact) mass is 201 g/mol. The highest BCUT2D eigenvalue weighted by molar-refractivity contribution is 5.87. The van der Waals surface area contributed by atoms with Crippen molar-refractivity contribution in [1.29, 1.82) is 0 Å². The van der Waals surface area contributed by atoms with Crippen molar-refractivity contribution in [2.75, 3.05) is 7.11 Å². The third-order valence-electron chi connectivity index (χ3n) is 2.12. The second-order valence-corrected chi connectivity index (χ2v) is 3.48. The van der Waals surface area contributed by atoms with Gasteiger partial charge >= 0.3 is 5.97 Å². The normalized spacial score (nSPS) is 14.3. The smallest absolute Gasteiger partial charge is 0.331 e. The lowest BCUT2D eigenvalue weighted by Gasteiger charge is -2.27. The average molecular weight is 201 g/mol. The lowest BCUT2D eigenvalue weighted by molar-refractivity contribution is -0.150. The number of hydrogen-bond acceptors (Lipinski definition) is 3. The van der Waals surface area contributed by atoms with E-state index in [9.17, 15) is 9.59 Å². The van der Waals surface area contributed by atoms with Crippen molar-refractivity contribution in [3.8, 4) is 0 Å². The van der Waals surface area contributed by atoms with Crippen LogP contribution in [0, 0.1) is 0 Å². The number of ether oxygens (including phenoxy) is 1. The summed E-state index contributed by atoms with van der Waals surface area (Å²) in [4.78, 5) is 22.6. The fourth-order valence-electron chi connectivity index (χ4n) is 1.34. The van der Waals surface area contributed by atoms with Crippen LogP contribution >= 0.6 is 0 Å². The number of nitrogens with one attached hydrogen (secondary N) is 1. The molecular formula is C10H19NO3. The molecule has 4 heteroatoms. The summed E-state index contributed by atoms with van der Waals surface area (Å²) in [6.07, 6.45) is 1.78. The minimum atomic E-state index is -0.878. The molecule has 1 atom stereocenters. The van der Waals surface area contributed by atoms with Gasteiger partial charge in [0.2, 0.25) is 5.91 Å². The van der Waals surface area contributed by atoms with Gasteiger partial charge < -0.3 is 10.1 Å². The van der Waals surface area contributed by atoms with Gasteiger partial charge in [-0.1, -0.05) is 20.3 Å². The molecule has 14 heavy (non-hydrogen) atoms. The third kappa shape index (κ3) is 3.36. The molecule has 0 aliphatic heterocycles. The standard InChI is InChI=1S/C10H19NO3/c1-5-7-10(3,9(13)14-4)11-8(12)6-2/h5-7H2,1-4H3,(H,11,12). The van der Waals surface area contributed by atoms with Gasteiger partial charge in [0.1, 0.15) is 5.54 Å². The molecule has 0 saturated heterocycles. The molecule has 0 spiro atoms. The Bertz CT molecular complexity index is 215.